The third kappa shape index (κ3) is 4.47. The number of nitrogens with zero attached hydrogens (tertiary/aromatic N) is 1. The molecule has 0 saturated carbocycles. The van der Waals surface area contributed by atoms with E-state index in [0.717, 1.165) is 22.3 Å². The summed E-state index contributed by atoms with van der Waals surface area (Å²) >= 11 is 0. The quantitative estimate of drug-likeness (QED) is 0.691. The van der Waals surface area contributed by atoms with E-state index in [0.29, 0.717) is 13.1 Å². The highest BCUT2D eigenvalue weighted by molar-refractivity contribution is 5.87. The number of alkyl carbamates (subject to hydrolysis) is 1. The van der Waals surface area contributed by atoms with Crippen molar-refractivity contribution in [2.24, 2.45) is 5.41 Å². The minimum Gasteiger partial charge on any atom is -0.481 e. The molecule has 2 amide bonds. The number of carbonyl (C=O) groups excluding carboxylic acids is 2. The van der Waals surface area contributed by atoms with Gasteiger partial charge in [-0.1, -0.05) is 62.4 Å². The summed E-state index contributed by atoms with van der Waals surface area (Å²) < 4.78 is 5.53. The van der Waals surface area contributed by atoms with Gasteiger partial charge in [0, 0.05) is 25.4 Å². The SMILES string of the molecule is CC1(C)CN(C(=O)C(CCC(=O)O)NC(=O)OCC2c3ccccc3-c3ccccc32)C1. The summed E-state index contributed by atoms with van der Waals surface area (Å²) in [5, 5.41) is 11.6. The first-order valence-electron chi connectivity index (χ1n) is 10.9. The molecule has 32 heavy (non-hydrogen) atoms. The first-order valence-corrected chi connectivity index (χ1v) is 10.9. The Hall–Kier alpha value is -3.35. The average molecular weight is 437 g/mol. The van der Waals surface area contributed by atoms with Crippen molar-refractivity contribution in [2.45, 2.75) is 38.6 Å². The summed E-state index contributed by atoms with van der Waals surface area (Å²) in [6, 6.07) is 15.2. The zero-order valence-electron chi connectivity index (χ0n) is 18.3. The van der Waals surface area contributed by atoms with Gasteiger partial charge in [0.2, 0.25) is 5.91 Å². The maximum Gasteiger partial charge on any atom is 0.407 e. The first-order chi connectivity index (χ1) is 15.2. The van der Waals surface area contributed by atoms with Gasteiger partial charge in [-0.3, -0.25) is 9.59 Å². The third-order valence-electron chi connectivity index (χ3n) is 6.13. The van der Waals surface area contributed by atoms with E-state index >= 15 is 0 Å². The first kappa shape index (κ1) is 21.9. The Kier molecular flexibility index (Phi) is 5.91. The lowest BCUT2D eigenvalue weighted by Crippen LogP contribution is -2.60. The van der Waals surface area contributed by atoms with Crippen LogP contribution in [0.2, 0.25) is 0 Å². The molecule has 1 atom stereocenters. The number of likely N-dealkylation sites (tertiary alicyclic amines) is 1. The molecule has 1 saturated heterocycles. The molecule has 7 nitrogen and oxygen atoms in total. The van der Waals surface area contributed by atoms with Gasteiger partial charge in [-0.15, -0.1) is 0 Å². The van der Waals surface area contributed by atoms with Crippen molar-refractivity contribution in [3.05, 3.63) is 59.7 Å². The maximum atomic E-state index is 12.8. The predicted molar refractivity (Wildman–Crippen MR) is 119 cm³/mol. The molecule has 2 aromatic carbocycles. The van der Waals surface area contributed by atoms with E-state index in [1.807, 2.05) is 36.4 Å². The van der Waals surface area contributed by atoms with Gasteiger partial charge in [0.25, 0.3) is 0 Å². The Morgan fingerprint density at radius 3 is 2.16 bits per heavy atom. The van der Waals surface area contributed by atoms with Crippen LogP contribution in [0.3, 0.4) is 0 Å². The molecule has 0 bridgehead atoms. The normalized spacial score (nSPS) is 17.0. The fourth-order valence-electron chi connectivity index (χ4n) is 4.67. The minimum atomic E-state index is -1.01. The zero-order chi connectivity index (χ0) is 22.9. The third-order valence-corrected chi connectivity index (χ3v) is 6.13. The zero-order valence-corrected chi connectivity index (χ0v) is 18.3. The van der Waals surface area contributed by atoms with Crippen molar-refractivity contribution < 1.29 is 24.2 Å². The highest BCUT2D eigenvalue weighted by Crippen LogP contribution is 2.44. The number of rotatable bonds is 7. The molecule has 2 aliphatic rings. The van der Waals surface area contributed by atoms with Crippen LogP contribution in [0.25, 0.3) is 11.1 Å². The topological polar surface area (TPSA) is 95.9 Å². The highest BCUT2D eigenvalue weighted by Gasteiger charge is 2.40. The van der Waals surface area contributed by atoms with Crippen LogP contribution in [-0.4, -0.2) is 53.7 Å². The van der Waals surface area contributed by atoms with E-state index in [9.17, 15) is 14.4 Å². The molecule has 1 heterocycles. The van der Waals surface area contributed by atoms with Crippen LogP contribution in [-0.2, 0) is 14.3 Å². The number of carbonyl (C=O) groups is 3. The van der Waals surface area contributed by atoms with E-state index in [1.54, 1.807) is 4.90 Å². The van der Waals surface area contributed by atoms with Crippen molar-refractivity contribution in [2.75, 3.05) is 19.7 Å². The van der Waals surface area contributed by atoms with Crippen LogP contribution in [0.5, 0.6) is 0 Å². The van der Waals surface area contributed by atoms with E-state index in [-0.39, 0.29) is 36.7 Å². The lowest BCUT2D eigenvalue weighted by Gasteiger charge is -2.47. The van der Waals surface area contributed by atoms with Gasteiger partial charge in [-0.2, -0.15) is 0 Å². The number of aliphatic carboxylic acids is 1. The molecule has 0 radical (unpaired) electrons. The van der Waals surface area contributed by atoms with Crippen LogP contribution >= 0.6 is 0 Å². The number of fused-ring (bicyclic) bond motifs is 3. The second-order valence-corrected chi connectivity index (χ2v) is 9.31. The molecule has 168 valence electrons. The molecule has 2 N–H and O–H groups in total. The largest absolute Gasteiger partial charge is 0.481 e. The molecule has 1 unspecified atom stereocenters. The van der Waals surface area contributed by atoms with Crippen LogP contribution in [0.15, 0.2) is 48.5 Å². The van der Waals surface area contributed by atoms with E-state index in [1.165, 1.54) is 0 Å². The second kappa shape index (κ2) is 8.65. The number of carboxylic acid groups (broad SMARTS) is 1. The Balaban J connectivity index is 1.41. The molecule has 7 heteroatoms. The fourth-order valence-corrected chi connectivity index (χ4v) is 4.67. The maximum absolute atomic E-state index is 12.8. The number of hydrogen-bond acceptors (Lipinski definition) is 4. The molecule has 1 fully saturated rings. The number of hydrogen-bond donors (Lipinski definition) is 2. The fraction of sp³-hybridized carbons (Fsp3) is 0.400. The number of amides is 2. The van der Waals surface area contributed by atoms with Crippen LogP contribution < -0.4 is 5.32 Å². The number of ether oxygens (including phenoxy) is 1. The van der Waals surface area contributed by atoms with Crippen molar-refractivity contribution >= 4 is 18.0 Å². The van der Waals surface area contributed by atoms with Crippen molar-refractivity contribution in [3.63, 3.8) is 0 Å². The van der Waals surface area contributed by atoms with Crippen molar-refractivity contribution in [1.82, 2.24) is 10.2 Å². The molecule has 2 aromatic rings. The van der Waals surface area contributed by atoms with Gasteiger partial charge in [-0.05, 0) is 34.1 Å². The molecular weight excluding hydrogens is 408 g/mol. The summed E-state index contributed by atoms with van der Waals surface area (Å²) in [5.41, 5.74) is 4.50. The van der Waals surface area contributed by atoms with E-state index in [4.69, 9.17) is 9.84 Å². The lowest BCUT2D eigenvalue weighted by molar-refractivity contribution is -0.144. The number of nitrogens with one attached hydrogen (secondary N) is 1. The molecular formula is C25H28N2O5. The smallest absolute Gasteiger partial charge is 0.407 e. The Morgan fingerprint density at radius 1 is 1.06 bits per heavy atom. The van der Waals surface area contributed by atoms with E-state index in [2.05, 4.69) is 31.3 Å². The monoisotopic (exact) mass is 436 g/mol. The Bertz CT molecular complexity index is 995. The lowest BCUT2D eigenvalue weighted by atomic mass is 9.84. The molecule has 1 aliphatic carbocycles. The van der Waals surface area contributed by atoms with Gasteiger partial charge >= 0.3 is 12.1 Å². The van der Waals surface area contributed by atoms with E-state index < -0.39 is 18.1 Å². The Morgan fingerprint density at radius 2 is 1.62 bits per heavy atom. The van der Waals surface area contributed by atoms with Gasteiger partial charge in [0.05, 0.1) is 0 Å². The highest BCUT2D eigenvalue weighted by atomic mass is 16.5. The van der Waals surface area contributed by atoms with Crippen LogP contribution in [0.1, 0.15) is 43.7 Å². The summed E-state index contributed by atoms with van der Waals surface area (Å²) in [6.07, 6.45) is -0.901. The standard InChI is InChI=1S/C25H28N2O5/c1-25(2)14-27(15-25)23(30)21(11-12-22(28)29)26-24(31)32-13-20-18-9-5-3-7-16(18)17-8-4-6-10-19(17)20/h3-10,20-21H,11-15H2,1-2H3,(H,26,31)(H,28,29). The summed E-state index contributed by atoms with van der Waals surface area (Å²) in [6.45, 7) is 5.42. The molecule has 0 spiro atoms. The molecule has 0 aromatic heterocycles. The van der Waals surface area contributed by atoms with Gasteiger partial charge in [0.15, 0.2) is 0 Å². The summed E-state index contributed by atoms with van der Waals surface area (Å²) in [4.78, 5) is 38.1. The van der Waals surface area contributed by atoms with Crippen molar-refractivity contribution in [3.8, 4) is 11.1 Å². The molecule has 4 rings (SSSR count). The number of benzene rings is 2. The second-order valence-electron chi connectivity index (χ2n) is 9.31. The summed E-state index contributed by atoms with van der Waals surface area (Å²) in [5.74, 6) is -1.36. The van der Waals surface area contributed by atoms with Gasteiger partial charge < -0.3 is 20.1 Å². The predicted octanol–water partition coefficient (Wildman–Crippen LogP) is 3.63. The molecule has 1 aliphatic heterocycles. The van der Waals surface area contributed by atoms with Crippen LogP contribution in [0, 0.1) is 5.41 Å². The summed E-state index contributed by atoms with van der Waals surface area (Å²) in [7, 11) is 0. The minimum absolute atomic E-state index is 0.0231. The Labute approximate surface area is 187 Å². The van der Waals surface area contributed by atoms with Crippen LogP contribution in [0.4, 0.5) is 4.79 Å². The van der Waals surface area contributed by atoms with Crippen molar-refractivity contribution in [1.29, 1.82) is 0 Å². The van der Waals surface area contributed by atoms with Gasteiger partial charge in [-0.25, -0.2) is 4.79 Å². The average Bonchev–Trinajstić information content (AvgIpc) is 3.06. The number of carboxylic acids is 1. The van der Waals surface area contributed by atoms with Gasteiger partial charge in [0.1, 0.15) is 12.6 Å².